The summed E-state index contributed by atoms with van der Waals surface area (Å²) >= 11 is 0. The van der Waals surface area contributed by atoms with Crippen molar-refractivity contribution in [3.05, 3.63) is 71.6 Å². The van der Waals surface area contributed by atoms with Crippen molar-refractivity contribution in [3.63, 3.8) is 0 Å². The summed E-state index contributed by atoms with van der Waals surface area (Å²) in [5.74, 6) is -1.04. The lowest BCUT2D eigenvalue weighted by Crippen LogP contribution is -2.19. The molecular formula is C22H22F2N4O. The Hall–Kier alpha value is -3.22. The Labute approximate surface area is 168 Å². The minimum absolute atomic E-state index is 0.337. The fourth-order valence-corrected chi connectivity index (χ4v) is 3.71. The van der Waals surface area contributed by atoms with Gasteiger partial charge >= 0.3 is 0 Å². The Kier molecular flexibility index (Phi) is 5.29. The van der Waals surface area contributed by atoms with Gasteiger partial charge in [-0.3, -0.25) is 4.79 Å². The van der Waals surface area contributed by atoms with Crippen LogP contribution in [0.15, 0.2) is 48.7 Å². The predicted octanol–water partition coefficient (Wildman–Crippen LogP) is 4.57. The van der Waals surface area contributed by atoms with Crippen LogP contribution in [-0.2, 0) is 6.42 Å². The first-order chi connectivity index (χ1) is 14.1. The Morgan fingerprint density at radius 2 is 1.83 bits per heavy atom. The molecule has 1 amide bonds. The molecule has 0 aliphatic carbocycles. The Balaban J connectivity index is 1.55. The Morgan fingerprint density at radius 3 is 2.48 bits per heavy atom. The average Bonchev–Trinajstić information content (AvgIpc) is 3.38. The quantitative estimate of drug-likeness (QED) is 0.688. The summed E-state index contributed by atoms with van der Waals surface area (Å²) < 4.78 is 29.3. The molecule has 1 aliphatic heterocycles. The van der Waals surface area contributed by atoms with E-state index in [-0.39, 0.29) is 17.5 Å². The number of hydrogen-bond donors (Lipinski definition) is 1. The van der Waals surface area contributed by atoms with E-state index in [1.807, 2.05) is 11.8 Å². The lowest BCUT2D eigenvalue weighted by Gasteiger charge is -2.18. The molecule has 2 heterocycles. The van der Waals surface area contributed by atoms with Crippen LogP contribution in [0, 0.1) is 11.6 Å². The second-order valence-electron chi connectivity index (χ2n) is 7.06. The minimum atomic E-state index is -0.358. The highest BCUT2D eigenvalue weighted by Crippen LogP contribution is 2.26. The zero-order chi connectivity index (χ0) is 20.4. The molecule has 0 atom stereocenters. The van der Waals surface area contributed by atoms with E-state index >= 15 is 0 Å². The molecule has 3 aromatic rings. The molecule has 29 heavy (non-hydrogen) atoms. The molecule has 2 aromatic carbocycles. The molecule has 4 rings (SSSR count). The number of carbonyl (C=O) groups excluding carboxylic acids is 1. The molecule has 0 radical (unpaired) electrons. The molecule has 0 saturated carbocycles. The van der Waals surface area contributed by atoms with E-state index in [4.69, 9.17) is 0 Å². The highest BCUT2D eigenvalue weighted by molar-refractivity contribution is 6.05. The second kappa shape index (κ2) is 8.03. The molecule has 0 bridgehead atoms. The van der Waals surface area contributed by atoms with E-state index in [1.54, 1.807) is 28.9 Å². The molecule has 7 heteroatoms. The Morgan fingerprint density at radius 1 is 1.10 bits per heavy atom. The SMILES string of the molecule is CCc1c(C(=O)Nc2ccc(N3CCCC3)c(F)c2)cnn1-c1ccc(F)cc1. The molecule has 1 aromatic heterocycles. The van der Waals surface area contributed by atoms with E-state index in [0.717, 1.165) is 25.9 Å². The zero-order valence-electron chi connectivity index (χ0n) is 16.2. The van der Waals surface area contributed by atoms with Crippen LogP contribution in [0.1, 0.15) is 35.8 Å². The summed E-state index contributed by atoms with van der Waals surface area (Å²) in [7, 11) is 0. The third-order valence-electron chi connectivity index (χ3n) is 5.17. The molecule has 0 spiro atoms. The van der Waals surface area contributed by atoms with Gasteiger partial charge in [0.05, 0.1) is 28.8 Å². The topological polar surface area (TPSA) is 50.2 Å². The van der Waals surface area contributed by atoms with Gasteiger partial charge in [0.15, 0.2) is 0 Å². The van der Waals surface area contributed by atoms with Gasteiger partial charge in [-0.05, 0) is 61.7 Å². The van der Waals surface area contributed by atoms with Gasteiger partial charge in [-0.2, -0.15) is 5.10 Å². The number of rotatable bonds is 5. The van der Waals surface area contributed by atoms with Crippen LogP contribution in [-0.4, -0.2) is 28.8 Å². The van der Waals surface area contributed by atoms with Gasteiger partial charge < -0.3 is 10.2 Å². The van der Waals surface area contributed by atoms with Crippen molar-refractivity contribution in [2.24, 2.45) is 0 Å². The van der Waals surface area contributed by atoms with Gasteiger partial charge in [-0.1, -0.05) is 6.92 Å². The number of benzene rings is 2. The number of carbonyl (C=O) groups is 1. The van der Waals surface area contributed by atoms with E-state index in [9.17, 15) is 13.6 Å². The van der Waals surface area contributed by atoms with Crippen LogP contribution >= 0.6 is 0 Å². The molecule has 1 saturated heterocycles. The van der Waals surface area contributed by atoms with E-state index in [2.05, 4.69) is 10.4 Å². The zero-order valence-corrected chi connectivity index (χ0v) is 16.2. The third kappa shape index (κ3) is 3.85. The average molecular weight is 396 g/mol. The summed E-state index contributed by atoms with van der Waals surface area (Å²) in [4.78, 5) is 14.8. The molecule has 5 nitrogen and oxygen atoms in total. The van der Waals surface area contributed by atoms with Crippen molar-refractivity contribution in [3.8, 4) is 5.69 Å². The summed E-state index contributed by atoms with van der Waals surface area (Å²) in [6.07, 6.45) is 4.17. The van der Waals surface area contributed by atoms with Gasteiger partial charge in [0, 0.05) is 18.8 Å². The smallest absolute Gasteiger partial charge is 0.259 e. The normalized spacial score (nSPS) is 13.7. The number of halogens is 2. The number of anilines is 2. The first-order valence-corrected chi connectivity index (χ1v) is 9.75. The van der Waals surface area contributed by atoms with Gasteiger partial charge in [0.25, 0.3) is 5.91 Å². The van der Waals surface area contributed by atoms with Gasteiger partial charge in [0.2, 0.25) is 0 Å². The van der Waals surface area contributed by atoms with Gasteiger partial charge in [0.1, 0.15) is 11.6 Å². The maximum absolute atomic E-state index is 14.5. The van der Waals surface area contributed by atoms with Crippen LogP contribution in [0.5, 0.6) is 0 Å². The lowest BCUT2D eigenvalue weighted by molar-refractivity contribution is 0.102. The molecule has 0 unspecified atom stereocenters. The molecular weight excluding hydrogens is 374 g/mol. The predicted molar refractivity (Wildman–Crippen MR) is 109 cm³/mol. The number of amides is 1. The van der Waals surface area contributed by atoms with Crippen molar-refractivity contribution in [2.75, 3.05) is 23.3 Å². The minimum Gasteiger partial charge on any atom is -0.369 e. The molecule has 1 N–H and O–H groups in total. The van der Waals surface area contributed by atoms with Crippen LogP contribution in [0.3, 0.4) is 0 Å². The number of nitrogens with one attached hydrogen (secondary N) is 1. The largest absolute Gasteiger partial charge is 0.369 e. The van der Waals surface area contributed by atoms with E-state index in [1.165, 1.54) is 24.4 Å². The van der Waals surface area contributed by atoms with Crippen LogP contribution in [0.4, 0.5) is 20.2 Å². The highest BCUT2D eigenvalue weighted by atomic mass is 19.1. The van der Waals surface area contributed by atoms with Gasteiger partial charge in [-0.25, -0.2) is 13.5 Å². The number of aromatic nitrogens is 2. The first-order valence-electron chi connectivity index (χ1n) is 9.75. The summed E-state index contributed by atoms with van der Waals surface area (Å²) in [5.41, 5.74) is 2.73. The van der Waals surface area contributed by atoms with Crippen molar-refractivity contribution in [1.82, 2.24) is 9.78 Å². The fraction of sp³-hybridized carbons (Fsp3) is 0.273. The standard InChI is InChI=1S/C22H22F2N4O/c1-2-20-18(14-25-28(20)17-8-5-15(23)6-9-17)22(29)26-16-7-10-21(19(24)13-16)27-11-3-4-12-27/h5-10,13-14H,2-4,11-12H2,1H3,(H,26,29). The maximum Gasteiger partial charge on any atom is 0.259 e. The molecule has 150 valence electrons. The summed E-state index contributed by atoms with van der Waals surface area (Å²) in [6.45, 7) is 3.62. The van der Waals surface area contributed by atoms with Crippen LogP contribution < -0.4 is 10.2 Å². The first kappa shape index (κ1) is 19.1. The lowest BCUT2D eigenvalue weighted by atomic mass is 10.1. The van der Waals surface area contributed by atoms with Crippen molar-refractivity contribution in [1.29, 1.82) is 0 Å². The van der Waals surface area contributed by atoms with Crippen molar-refractivity contribution in [2.45, 2.75) is 26.2 Å². The van der Waals surface area contributed by atoms with Crippen molar-refractivity contribution < 1.29 is 13.6 Å². The van der Waals surface area contributed by atoms with Crippen LogP contribution in [0.25, 0.3) is 5.69 Å². The number of hydrogen-bond acceptors (Lipinski definition) is 3. The monoisotopic (exact) mass is 396 g/mol. The molecule has 1 fully saturated rings. The fourth-order valence-electron chi connectivity index (χ4n) is 3.71. The second-order valence-corrected chi connectivity index (χ2v) is 7.06. The van der Waals surface area contributed by atoms with Crippen molar-refractivity contribution >= 4 is 17.3 Å². The van der Waals surface area contributed by atoms with Gasteiger partial charge in [-0.15, -0.1) is 0 Å². The van der Waals surface area contributed by atoms with E-state index < -0.39 is 0 Å². The number of nitrogens with zero attached hydrogens (tertiary/aromatic N) is 3. The summed E-state index contributed by atoms with van der Waals surface area (Å²) in [5, 5.41) is 7.04. The summed E-state index contributed by atoms with van der Waals surface area (Å²) in [6, 6.07) is 10.7. The third-order valence-corrected chi connectivity index (χ3v) is 5.17. The molecule has 1 aliphatic rings. The Bertz CT molecular complexity index is 1020. The highest BCUT2D eigenvalue weighted by Gasteiger charge is 2.19. The van der Waals surface area contributed by atoms with E-state index in [0.29, 0.717) is 34.7 Å². The van der Waals surface area contributed by atoms with Crippen LogP contribution in [0.2, 0.25) is 0 Å². The maximum atomic E-state index is 14.5.